The van der Waals surface area contributed by atoms with Crippen LogP contribution in [-0.4, -0.2) is 26.4 Å². The Kier molecular flexibility index (Phi) is 3.80. The van der Waals surface area contributed by atoms with Gasteiger partial charge in [-0.05, 0) is 25.5 Å². The van der Waals surface area contributed by atoms with Gasteiger partial charge < -0.3 is 5.32 Å². The predicted molar refractivity (Wildman–Crippen MR) is 70.8 cm³/mol. The molecule has 0 radical (unpaired) electrons. The predicted octanol–water partition coefficient (Wildman–Crippen LogP) is 3.01. The van der Waals surface area contributed by atoms with Gasteiger partial charge in [-0.3, -0.25) is 4.79 Å². The van der Waals surface area contributed by atoms with Crippen LogP contribution in [-0.2, 0) is 4.79 Å². The highest BCUT2D eigenvalue weighted by molar-refractivity contribution is 8.01. The molecule has 1 unspecified atom stereocenters. The summed E-state index contributed by atoms with van der Waals surface area (Å²) in [4.78, 5) is 19.7. The number of carbonyl (C=O) groups excluding carboxylic acids is 1. The van der Waals surface area contributed by atoms with Crippen LogP contribution in [0.15, 0.2) is 6.33 Å². The second-order valence-corrected chi connectivity index (χ2v) is 6.30. The number of thioether (sulfide) groups is 1. The number of carbonyl (C=O) groups is 1. The van der Waals surface area contributed by atoms with E-state index < -0.39 is 4.75 Å². The maximum absolute atomic E-state index is 12.1. The first-order valence-corrected chi connectivity index (χ1v) is 6.88. The number of nitrogens with zero attached hydrogens (tertiary/aromatic N) is 2. The largest absolute Gasteiger partial charge is 0.308 e. The summed E-state index contributed by atoms with van der Waals surface area (Å²) in [6, 6.07) is 0. The third-order valence-electron chi connectivity index (χ3n) is 2.68. The molecule has 1 aliphatic heterocycles. The molecule has 0 aromatic carbocycles. The van der Waals surface area contributed by atoms with Gasteiger partial charge in [-0.1, -0.05) is 23.2 Å². The van der Waals surface area contributed by atoms with E-state index in [1.807, 2.05) is 6.92 Å². The fourth-order valence-electron chi connectivity index (χ4n) is 1.63. The smallest absolute Gasteiger partial charge is 0.241 e. The molecular weight excluding hydrogens is 281 g/mol. The molecule has 0 spiro atoms. The van der Waals surface area contributed by atoms with Crippen LogP contribution < -0.4 is 5.32 Å². The van der Waals surface area contributed by atoms with Gasteiger partial charge in [0.05, 0.1) is 4.75 Å². The molecule has 1 N–H and O–H groups in total. The van der Waals surface area contributed by atoms with E-state index in [9.17, 15) is 4.79 Å². The Morgan fingerprint density at radius 2 is 2.29 bits per heavy atom. The molecule has 4 nitrogen and oxygen atoms in total. The number of aromatic nitrogens is 2. The maximum atomic E-state index is 12.1. The number of anilines is 1. The molecule has 7 heteroatoms. The summed E-state index contributed by atoms with van der Waals surface area (Å²) in [5.41, 5.74) is 0. The molecule has 1 amide bonds. The lowest BCUT2D eigenvalue weighted by atomic mass is 10.1. The number of hydrogen-bond donors (Lipinski definition) is 1. The zero-order valence-electron chi connectivity index (χ0n) is 9.17. The van der Waals surface area contributed by atoms with E-state index in [-0.39, 0.29) is 21.9 Å². The van der Waals surface area contributed by atoms with E-state index in [1.54, 1.807) is 11.8 Å². The molecule has 0 aliphatic carbocycles. The third-order valence-corrected chi connectivity index (χ3v) is 4.94. The molecule has 17 heavy (non-hydrogen) atoms. The van der Waals surface area contributed by atoms with Crippen molar-refractivity contribution in [3.8, 4) is 0 Å². The van der Waals surface area contributed by atoms with Crippen LogP contribution in [0, 0.1) is 0 Å². The van der Waals surface area contributed by atoms with Crippen molar-refractivity contribution in [1.29, 1.82) is 0 Å². The van der Waals surface area contributed by atoms with Crippen LogP contribution >= 0.6 is 35.0 Å². The lowest BCUT2D eigenvalue weighted by Gasteiger charge is -2.21. The Morgan fingerprint density at radius 1 is 1.53 bits per heavy atom. The van der Waals surface area contributed by atoms with Crippen molar-refractivity contribution in [3.63, 3.8) is 0 Å². The minimum Gasteiger partial charge on any atom is -0.308 e. The van der Waals surface area contributed by atoms with Crippen molar-refractivity contribution in [1.82, 2.24) is 9.97 Å². The highest BCUT2D eigenvalue weighted by atomic mass is 35.5. The van der Waals surface area contributed by atoms with Gasteiger partial charge in [0.15, 0.2) is 11.0 Å². The molecule has 1 aromatic rings. The standard InChI is InChI=1S/C10H11Cl2N3OS/c1-10(3-2-4-17-10)9(16)15-8-6(11)7(12)13-5-14-8/h5H,2-4H2,1H3,(H,13,14,15,16). The van der Waals surface area contributed by atoms with E-state index >= 15 is 0 Å². The number of rotatable bonds is 2. The average molecular weight is 292 g/mol. The van der Waals surface area contributed by atoms with Gasteiger partial charge >= 0.3 is 0 Å². The van der Waals surface area contributed by atoms with Crippen LogP contribution in [0.25, 0.3) is 0 Å². The van der Waals surface area contributed by atoms with Gasteiger partial charge in [-0.2, -0.15) is 0 Å². The fourth-order valence-corrected chi connectivity index (χ4v) is 3.12. The van der Waals surface area contributed by atoms with E-state index in [0.29, 0.717) is 0 Å². The van der Waals surface area contributed by atoms with Crippen molar-refractivity contribution >= 4 is 46.7 Å². The van der Waals surface area contributed by atoms with E-state index in [1.165, 1.54) is 6.33 Å². The summed E-state index contributed by atoms with van der Waals surface area (Å²) in [7, 11) is 0. The van der Waals surface area contributed by atoms with Gasteiger partial charge in [0, 0.05) is 0 Å². The van der Waals surface area contributed by atoms with Gasteiger partial charge in [-0.25, -0.2) is 9.97 Å². The number of halogens is 2. The molecule has 1 aromatic heterocycles. The monoisotopic (exact) mass is 291 g/mol. The van der Waals surface area contributed by atoms with Crippen molar-refractivity contribution in [2.75, 3.05) is 11.1 Å². The molecular formula is C10H11Cl2N3OS. The zero-order valence-corrected chi connectivity index (χ0v) is 11.5. The molecule has 2 heterocycles. The van der Waals surface area contributed by atoms with Crippen molar-refractivity contribution < 1.29 is 4.79 Å². The Bertz CT molecular complexity index is 449. The van der Waals surface area contributed by atoms with E-state index in [0.717, 1.165) is 18.6 Å². The number of hydrogen-bond acceptors (Lipinski definition) is 4. The molecule has 0 saturated carbocycles. The van der Waals surface area contributed by atoms with Crippen molar-refractivity contribution in [2.24, 2.45) is 0 Å². The quantitative estimate of drug-likeness (QED) is 0.851. The fraction of sp³-hybridized carbons (Fsp3) is 0.500. The second-order valence-electron chi connectivity index (χ2n) is 3.96. The average Bonchev–Trinajstić information content (AvgIpc) is 2.73. The lowest BCUT2D eigenvalue weighted by Crippen LogP contribution is -2.35. The molecule has 1 atom stereocenters. The topological polar surface area (TPSA) is 54.9 Å². The van der Waals surface area contributed by atoms with Crippen molar-refractivity contribution in [3.05, 3.63) is 16.5 Å². The van der Waals surface area contributed by atoms with Crippen LogP contribution in [0.1, 0.15) is 19.8 Å². The Labute approximate surface area is 113 Å². The second kappa shape index (κ2) is 5.00. The van der Waals surface area contributed by atoms with Gasteiger partial charge in [0.1, 0.15) is 11.3 Å². The molecule has 1 fully saturated rings. The molecule has 0 bridgehead atoms. The number of amides is 1. The Balaban J connectivity index is 2.16. The zero-order chi connectivity index (χ0) is 12.5. The minimum absolute atomic E-state index is 0.0864. The SMILES string of the molecule is CC1(C(=O)Nc2ncnc(Cl)c2Cl)CCCS1. The summed E-state index contributed by atoms with van der Waals surface area (Å²) in [5.74, 6) is 1.18. The molecule has 1 aliphatic rings. The first kappa shape index (κ1) is 12.9. The Hall–Kier alpha value is -0.520. The van der Waals surface area contributed by atoms with Crippen molar-refractivity contribution in [2.45, 2.75) is 24.5 Å². The highest BCUT2D eigenvalue weighted by Gasteiger charge is 2.37. The summed E-state index contributed by atoms with van der Waals surface area (Å²) >= 11 is 13.3. The number of nitrogens with one attached hydrogen (secondary N) is 1. The molecule has 1 saturated heterocycles. The highest BCUT2D eigenvalue weighted by Crippen LogP contribution is 2.39. The van der Waals surface area contributed by atoms with Gasteiger partial charge in [0.2, 0.25) is 5.91 Å². The first-order chi connectivity index (χ1) is 8.03. The maximum Gasteiger partial charge on any atom is 0.241 e. The normalized spacial score (nSPS) is 23.7. The summed E-state index contributed by atoms with van der Waals surface area (Å²) in [6.45, 7) is 1.93. The first-order valence-electron chi connectivity index (χ1n) is 5.14. The van der Waals surface area contributed by atoms with Crippen LogP contribution in [0.3, 0.4) is 0 Å². The van der Waals surface area contributed by atoms with E-state index in [4.69, 9.17) is 23.2 Å². The van der Waals surface area contributed by atoms with Crippen LogP contribution in [0.4, 0.5) is 5.82 Å². The van der Waals surface area contributed by atoms with Gasteiger partial charge in [0.25, 0.3) is 0 Å². The summed E-state index contributed by atoms with van der Waals surface area (Å²) in [6.07, 6.45) is 3.18. The molecule has 2 rings (SSSR count). The Morgan fingerprint density at radius 3 is 2.94 bits per heavy atom. The summed E-state index contributed by atoms with van der Waals surface area (Å²) < 4.78 is -0.402. The minimum atomic E-state index is -0.402. The molecule has 92 valence electrons. The van der Waals surface area contributed by atoms with Crippen LogP contribution in [0.5, 0.6) is 0 Å². The van der Waals surface area contributed by atoms with Crippen LogP contribution in [0.2, 0.25) is 10.2 Å². The van der Waals surface area contributed by atoms with E-state index in [2.05, 4.69) is 15.3 Å². The lowest BCUT2D eigenvalue weighted by molar-refractivity contribution is -0.118. The third kappa shape index (κ3) is 2.67. The van der Waals surface area contributed by atoms with Gasteiger partial charge in [-0.15, -0.1) is 11.8 Å². The summed E-state index contributed by atoms with van der Waals surface area (Å²) in [5, 5.41) is 3.02.